The zero-order valence-electron chi connectivity index (χ0n) is 20.4. The second-order valence-electron chi connectivity index (χ2n) is 8.54. The molecule has 0 aromatic heterocycles. The van der Waals surface area contributed by atoms with E-state index in [-0.39, 0.29) is 17.3 Å². The van der Waals surface area contributed by atoms with Crippen LogP contribution in [0, 0.1) is 0 Å². The minimum absolute atomic E-state index is 0.0288. The molecule has 1 N–H and O–H groups in total. The molecular weight excluding hydrogens is 454 g/mol. The van der Waals surface area contributed by atoms with Crippen LogP contribution in [-0.4, -0.2) is 55.8 Å². The summed E-state index contributed by atoms with van der Waals surface area (Å²) in [6, 6.07) is 23.8. The second-order valence-corrected chi connectivity index (χ2v) is 8.54. The minimum atomic E-state index is -0.462. The average molecular weight is 484 g/mol. The molecule has 0 unspecified atom stereocenters. The number of ether oxygens (including phenoxy) is 1. The highest BCUT2D eigenvalue weighted by Gasteiger charge is 2.27. The first-order valence-electron chi connectivity index (χ1n) is 11.8. The van der Waals surface area contributed by atoms with Gasteiger partial charge in [0.2, 0.25) is 0 Å². The normalized spacial score (nSPS) is 13.8. The molecule has 0 saturated carbocycles. The number of amides is 2. The predicted molar refractivity (Wildman–Crippen MR) is 141 cm³/mol. The number of nitrogens with zero attached hydrogens (tertiary/aromatic N) is 2. The summed E-state index contributed by atoms with van der Waals surface area (Å²) in [7, 11) is 1.57. The van der Waals surface area contributed by atoms with Gasteiger partial charge in [-0.3, -0.25) is 14.4 Å². The SMILES string of the molecule is COc1cccc(C=C(C(=O)Nc2ccccc2)C(=O)N2CCN(c3ccc(C(C)=O)cc3)CC2)c1. The number of carbonyl (C=O) groups excluding carboxylic acids is 3. The van der Waals surface area contributed by atoms with Crippen molar-refractivity contribution in [1.82, 2.24) is 4.90 Å². The molecule has 0 bridgehead atoms. The Bertz CT molecular complexity index is 1260. The Morgan fingerprint density at radius 1 is 0.861 bits per heavy atom. The molecule has 0 spiro atoms. The number of rotatable bonds is 7. The highest BCUT2D eigenvalue weighted by Crippen LogP contribution is 2.21. The van der Waals surface area contributed by atoms with Crippen LogP contribution in [0.1, 0.15) is 22.8 Å². The molecule has 3 aromatic rings. The summed E-state index contributed by atoms with van der Waals surface area (Å²) in [6.45, 7) is 3.74. The van der Waals surface area contributed by atoms with E-state index in [9.17, 15) is 14.4 Å². The summed E-state index contributed by atoms with van der Waals surface area (Å²) in [6.07, 6.45) is 1.61. The van der Waals surface area contributed by atoms with E-state index in [1.807, 2.05) is 60.7 Å². The Morgan fingerprint density at radius 3 is 2.19 bits per heavy atom. The van der Waals surface area contributed by atoms with Crippen molar-refractivity contribution < 1.29 is 19.1 Å². The first-order valence-corrected chi connectivity index (χ1v) is 11.8. The van der Waals surface area contributed by atoms with E-state index in [0.29, 0.717) is 48.7 Å². The van der Waals surface area contributed by atoms with Crippen molar-refractivity contribution in [3.8, 4) is 5.75 Å². The maximum Gasteiger partial charge on any atom is 0.261 e. The van der Waals surface area contributed by atoms with Gasteiger partial charge in [-0.1, -0.05) is 30.3 Å². The van der Waals surface area contributed by atoms with Crippen LogP contribution in [0.2, 0.25) is 0 Å². The van der Waals surface area contributed by atoms with Crippen molar-refractivity contribution in [3.05, 3.63) is 95.6 Å². The zero-order valence-corrected chi connectivity index (χ0v) is 20.4. The fourth-order valence-electron chi connectivity index (χ4n) is 4.09. The van der Waals surface area contributed by atoms with Gasteiger partial charge in [0.25, 0.3) is 11.8 Å². The maximum atomic E-state index is 13.6. The number of hydrogen-bond acceptors (Lipinski definition) is 5. The van der Waals surface area contributed by atoms with Crippen LogP contribution in [0.5, 0.6) is 5.75 Å². The van der Waals surface area contributed by atoms with Gasteiger partial charge in [-0.25, -0.2) is 0 Å². The van der Waals surface area contributed by atoms with Crippen LogP contribution in [0.3, 0.4) is 0 Å². The number of ketones is 1. The lowest BCUT2D eigenvalue weighted by molar-refractivity contribution is -0.129. The molecule has 2 amide bonds. The molecule has 7 heteroatoms. The van der Waals surface area contributed by atoms with E-state index < -0.39 is 5.91 Å². The van der Waals surface area contributed by atoms with Crippen LogP contribution in [0.15, 0.2) is 84.4 Å². The summed E-state index contributed by atoms with van der Waals surface area (Å²) in [5, 5.41) is 2.84. The van der Waals surface area contributed by atoms with Gasteiger partial charge in [0.05, 0.1) is 7.11 Å². The van der Waals surface area contributed by atoms with E-state index in [4.69, 9.17) is 4.74 Å². The van der Waals surface area contributed by atoms with Gasteiger partial charge in [0.1, 0.15) is 11.3 Å². The van der Waals surface area contributed by atoms with Gasteiger partial charge in [0, 0.05) is 43.1 Å². The summed E-state index contributed by atoms with van der Waals surface area (Å²) in [4.78, 5) is 42.2. The number of Topliss-reactive ketones (excluding diaryl/α,β-unsaturated/α-hetero) is 1. The molecule has 1 aliphatic rings. The quantitative estimate of drug-likeness (QED) is 0.235. The number of anilines is 2. The number of para-hydroxylation sites is 1. The van der Waals surface area contributed by atoms with Gasteiger partial charge < -0.3 is 19.9 Å². The van der Waals surface area contributed by atoms with Crippen molar-refractivity contribution in [2.45, 2.75) is 6.92 Å². The van der Waals surface area contributed by atoms with Gasteiger partial charge in [0.15, 0.2) is 5.78 Å². The highest BCUT2D eigenvalue weighted by molar-refractivity contribution is 6.25. The lowest BCUT2D eigenvalue weighted by atomic mass is 10.1. The lowest BCUT2D eigenvalue weighted by Crippen LogP contribution is -2.50. The van der Waals surface area contributed by atoms with Crippen molar-refractivity contribution in [3.63, 3.8) is 0 Å². The summed E-state index contributed by atoms with van der Waals surface area (Å²) in [5.74, 6) is -0.112. The third kappa shape index (κ3) is 5.99. The Hall–Kier alpha value is -4.39. The van der Waals surface area contributed by atoms with Gasteiger partial charge in [-0.15, -0.1) is 0 Å². The van der Waals surface area contributed by atoms with Crippen LogP contribution in [0.4, 0.5) is 11.4 Å². The summed E-state index contributed by atoms with van der Waals surface area (Å²) in [5.41, 5.74) is 3.05. The molecule has 4 rings (SSSR count). The number of benzene rings is 3. The Morgan fingerprint density at radius 2 is 1.56 bits per heavy atom. The number of carbonyl (C=O) groups is 3. The fourth-order valence-corrected chi connectivity index (χ4v) is 4.09. The third-order valence-electron chi connectivity index (χ3n) is 6.12. The molecular formula is C29H29N3O4. The fraction of sp³-hybridized carbons (Fsp3) is 0.207. The number of piperazine rings is 1. The molecule has 1 heterocycles. The monoisotopic (exact) mass is 483 g/mol. The molecule has 184 valence electrons. The first kappa shape index (κ1) is 24.7. The molecule has 36 heavy (non-hydrogen) atoms. The van der Waals surface area contributed by atoms with Crippen LogP contribution in [0.25, 0.3) is 6.08 Å². The van der Waals surface area contributed by atoms with E-state index in [1.165, 1.54) is 0 Å². The molecule has 1 fully saturated rings. The molecule has 7 nitrogen and oxygen atoms in total. The number of methoxy groups -OCH3 is 1. The molecule has 0 aliphatic carbocycles. The van der Waals surface area contributed by atoms with Crippen molar-refractivity contribution in [2.75, 3.05) is 43.5 Å². The lowest BCUT2D eigenvalue weighted by Gasteiger charge is -2.36. The van der Waals surface area contributed by atoms with Crippen LogP contribution < -0.4 is 15.0 Å². The van der Waals surface area contributed by atoms with Gasteiger partial charge >= 0.3 is 0 Å². The van der Waals surface area contributed by atoms with E-state index >= 15 is 0 Å². The minimum Gasteiger partial charge on any atom is -0.497 e. The summed E-state index contributed by atoms with van der Waals surface area (Å²) >= 11 is 0. The van der Waals surface area contributed by atoms with Crippen LogP contribution in [-0.2, 0) is 9.59 Å². The summed E-state index contributed by atoms with van der Waals surface area (Å²) < 4.78 is 5.29. The second kappa shape index (κ2) is 11.4. The molecule has 3 aromatic carbocycles. The molecule has 0 radical (unpaired) electrons. The predicted octanol–water partition coefficient (Wildman–Crippen LogP) is 4.27. The first-order chi connectivity index (χ1) is 17.4. The largest absolute Gasteiger partial charge is 0.497 e. The van der Waals surface area contributed by atoms with Crippen LogP contribution >= 0.6 is 0 Å². The van der Waals surface area contributed by atoms with Crippen molar-refractivity contribution in [1.29, 1.82) is 0 Å². The topological polar surface area (TPSA) is 79.0 Å². The van der Waals surface area contributed by atoms with Crippen molar-refractivity contribution in [2.24, 2.45) is 0 Å². The zero-order chi connectivity index (χ0) is 25.5. The molecule has 1 aliphatic heterocycles. The van der Waals surface area contributed by atoms with Crippen molar-refractivity contribution >= 4 is 35.0 Å². The van der Waals surface area contributed by atoms with E-state index in [1.54, 1.807) is 43.2 Å². The van der Waals surface area contributed by atoms with E-state index in [2.05, 4.69) is 10.2 Å². The standard InChI is InChI=1S/C29H29N3O4/c1-21(33)23-11-13-25(14-12-23)31-15-17-32(18-16-31)29(35)27(20-22-7-6-10-26(19-22)36-2)28(34)30-24-8-4-3-5-9-24/h3-14,19-20H,15-18H2,1-2H3,(H,30,34). The smallest absolute Gasteiger partial charge is 0.261 e. The Labute approximate surface area is 211 Å². The third-order valence-corrected chi connectivity index (χ3v) is 6.12. The van der Waals surface area contributed by atoms with Gasteiger partial charge in [-0.2, -0.15) is 0 Å². The maximum absolute atomic E-state index is 13.6. The molecule has 0 atom stereocenters. The van der Waals surface area contributed by atoms with E-state index in [0.717, 1.165) is 5.69 Å². The molecule has 1 saturated heterocycles. The highest BCUT2D eigenvalue weighted by atomic mass is 16.5. The van der Waals surface area contributed by atoms with Gasteiger partial charge in [-0.05, 0) is 67.1 Å². The number of nitrogens with one attached hydrogen (secondary N) is 1. The Kier molecular flexibility index (Phi) is 7.80. The average Bonchev–Trinajstić information content (AvgIpc) is 2.92. The Balaban J connectivity index is 1.52. The number of hydrogen-bond donors (Lipinski definition) is 1.